The summed E-state index contributed by atoms with van der Waals surface area (Å²) in [5.74, 6) is -1.26. The van der Waals surface area contributed by atoms with Gasteiger partial charge >= 0.3 is 5.97 Å². The minimum atomic E-state index is -4.15. The normalized spacial score (nSPS) is 13.0. The van der Waals surface area contributed by atoms with Gasteiger partial charge in [-0.05, 0) is 30.3 Å². The van der Waals surface area contributed by atoms with Gasteiger partial charge in [-0.1, -0.05) is 32.4 Å². The lowest BCUT2D eigenvalue weighted by atomic mass is 10.2. The van der Waals surface area contributed by atoms with Gasteiger partial charge in [-0.15, -0.1) is 0 Å². The average Bonchev–Trinajstić information content (AvgIpc) is 2.24. The van der Waals surface area contributed by atoms with Gasteiger partial charge in [0.2, 0.25) is 0 Å². The van der Waals surface area contributed by atoms with E-state index in [4.69, 9.17) is 26.7 Å². The zero-order valence-corrected chi connectivity index (χ0v) is 16.2. The van der Waals surface area contributed by atoms with Crippen LogP contribution in [0.5, 0.6) is 5.75 Å². The number of carboxylic acids is 1. The first-order valence-electron chi connectivity index (χ1n) is 6.37. The number of hydrogen-bond acceptors (Lipinski definition) is 4. The largest absolute Gasteiger partial charge is 0.543 e. The molecule has 0 heterocycles. The van der Waals surface area contributed by atoms with Crippen LogP contribution in [0, 0.1) is 0 Å². The van der Waals surface area contributed by atoms with Crippen molar-refractivity contribution in [3.05, 3.63) is 22.7 Å². The Morgan fingerprint density at radius 2 is 1.77 bits per heavy atom. The van der Waals surface area contributed by atoms with E-state index in [1.807, 2.05) is 33.9 Å². The predicted molar refractivity (Wildman–Crippen MR) is 89.3 cm³/mol. The summed E-state index contributed by atoms with van der Waals surface area (Å²) in [6.07, 6.45) is 0. The fourth-order valence-corrected chi connectivity index (χ4v) is 3.94. The molecule has 0 aliphatic carbocycles. The van der Waals surface area contributed by atoms with E-state index in [-0.39, 0.29) is 21.4 Å². The topological polar surface area (TPSA) is 80.7 Å². The van der Waals surface area contributed by atoms with E-state index in [0.29, 0.717) is 0 Å². The van der Waals surface area contributed by atoms with Crippen molar-refractivity contribution < 1.29 is 22.7 Å². The SMILES string of the molecule is CC(C)(C)[Si](C)(C)Oc1cc(Cl)c(S(=O)(=O)Cl)cc1C(=O)O. The van der Waals surface area contributed by atoms with Gasteiger partial charge in [0.15, 0.2) is 0 Å². The summed E-state index contributed by atoms with van der Waals surface area (Å²) in [6, 6.07) is 2.12. The highest BCUT2D eigenvalue weighted by molar-refractivity contribution is 8.13. The summed E-state index contributed by atoms with van der Waals surface area (Å²) < 4.78 is 28.8. The molecule has 0 atom stereocenters. The Morgan fingerprint density at radius 3 is 2.14 bits per heavy atom. The molecule has 1 rings (SSSR count). The Bertz CT molecular complexity index is 708. The molecule has 0 aromatic heterocycles. The van der Waals surface area contributed by atoms with E-state index in [1.165, 1.54) is 6.07 Å². The third kappa shape index (κ3) is 4.16. The molecule has 0 bridgehead atoms. The van der Waals surface area contributed by atoms with Crippen molar-refractivity contribution in [1.82, 2.24) is 0 Å². The second-order valence-electron chi connectivity index (χ2n) is 6.38. The Hall–Kier alpha value is -0.763. The molecule has 9 heteroatoms. The molecule has 0 saturated heterocycles. The summed E-state index contributed by atoms with van der Waals surface area (Å²) in [7, 11) is -1.20. The minimum Gasteiger partial charge on any atom is -0.543 e. The maximum absolute atomic E-state index is 11.4. The van der Waals surface area contributed by atoms with Crippen molar-refractivity contribution >= 4 is 45.6 Å². The summed E-state index contributed by atoms with van der Waals surface area (Å²) in [6.45, 7) is 9.88. The number of aromatic carboxylic acids is 1. The number of hydrogen-bond donors (Lipinski definition) is 1. The first kappa shape index (κ1) is 19.3. The zero-order chi connectivity index (χ0) is 17.5. The quantitative estimate of drug-likeness (QED) is 0.616. The Labute approximate surface area is 140 Å². The molecule has 1 N–H and O–H groups in total. The van der Waals surface area contributed by atoms with Crippen LogP contribution in [0.1, 0.15) is 31.1 Å². The molecule has 0 fully saturated rings. The highest BCUT2D eigenvalue weighted by Gasteiger charge is 2.40. The van der Waals surface area contributed by atoms with E-state index in [2.05, 4.69) is 0 Å². The first-order valence-corrected chi connectivity index (χ1v) is 12.0. The summed E-state index contributed by atoms with van der Waals surface area (Å²) in [4.78, 5) is 11.0. The smallest absolute Gasteiger partial charge is 0.339 e. The van der Waals surface area contributed by atoms with Gasteiger partial charge in [0.25, 0.3) is 17.4 Å². The van der Waals surface area contributed by atoms with Crippen LogP contribution in [-0.2, 0) is 9.05 Å². The summed E-state index contributed by atoms with van der Waals surface area (Å²) >= 11 is 5.91. The second kappa shape index (κ2) is 6.03. The van der Waals surface area contributed by atoms with Crippen molar-refractivity contribution in [1.29, 1.82) is 0 Å². The minimum absolute atomic E-state index is 0.0492. The van der Waals surface area contributed by atoms with Gasteiger partial charge in [-0.3, -0.25) is 0 Å². The van der Waals surface area contributed by atoms with E-state index in [9.17, 15) is 18.3 Å². The van der Waals surface area contributed by atoms with Gasteiger partial charge in [-0.2, -0.15) is 0 Å². The lowest BCUT2D eigenvalue weighted by molar-refractivity contribution is 0.0694. The molecule has 0 amide bonds. The van der Waals surface area contributed by atoms with Gasteiger partial charge < -0.3 is 9.53 Å². The van der Waals surface area contributed by atoms with Gasteiger partial charge in [0.05, 0.1) is 5.02 Å². The van der Waals surface area contributed by atoms with Crippen LogP contribution in [0.2, 0.25) is 23.2 Å². The average molecular weight is 385 g/mol. The third-order valence-electron chi connectivity index (χ3n) is 3.70. The van der Waals surface area contributed by atoms with Crippen LogP contribution in [-0.4, -0.2) is 27.8 Å². The van der Waals surface area contributed by atoms with E-state index >= 15 is 0 Å². The van der Waals surface area contributed by atoms with Gasteiger partial charge in [0, 0.05) is 10.7 Å². The number of carbonyl (C=O) groups is 1. The molecule has 0 radical (unpaired) electrons. The summed E-state index contributed by atoms with van der Waals surface area (Å²) in [5, 5.41) is 8.97. The second-order valence-corrected chi connectivity index (χ2v) is 14.1. The summed E-state index contributed by atoms with van der Waals surface area (Å²) in [5.41, 5.74) is -0.284. The zero-order valence-electron chi connectivity index (χ0n) is 12.9. The van der Waals surface area contributed by atoms with E-state index in [1.54, 1.807) is 0 Å². The number of benzene rings is 1. The van der Waals surface area contributed by atoms with Crippen molar-refractivity contribution in [3.63, 3.8) is 0 Å². The van der Waals surface area contributed by atoms with Crippen LogP contribution in [0.3, 0.4) is 0 Å². The number of rotatable bonds is 4. The maximum atomic E-state index is 11.4. The standard InChI is InChI=1S/C13H18Cl2O5SSi/c1-13(2,3)22(4,5)20-10-7-9(14)11(21(15,18)19)6-8(10)12(16)17/h6-7H,1-5H3,(H,16,17). The van der Waals surface area contributed by atoms with E-state index in [0.717, 1.165) is 6.07 Å². The molecule has 1 aromatic carbocycles. The first-order chi connectivity index (χ1) is 9.67. The van der Waals surface area contributed by atoms with Crippen LogP contribution >= 0.6 is 22.3 Å². The molecule has 0 saturated carbocycles. The fraction of sp³-hybridized carbons (Fsp3) is 0.462. The van der Waals surface area contributed by atoms with Crippen molar-refractivity contribution in [2.75, 3.05) is 0 Å². The molecular weight excluding hydrogens is 367 g/mol. The molecule has 5 nitrogen and oxygen atoms in total. The van der Waals surface area contributed by atoms with Gasteiger partial charge in [-0.25, -0.2) is 13.2 Å². The highest BCUT2D eigenvalue weighted by atomic mass is 35.7. The Balaban J connectivity index is 3.51. The maximum Gasteiger partial charge on any atom is 0.339 e. The number of halogens is 2. The fourth-order valence-electron chi connectivity index (χ4n) is 1.40. The predicted octanol–water partition coefficient (Wildman–Crippen LogP) is 4.35. The molecular formula is C13H18Cl2O5SSi. The molecule has 1 aromatic rings. The molecule has 22 heavy (non-hydrogen) atoms. The molecule has 124 valence electrons. The highest BCUT2D eigenvalue weighted by Crippen LogP contribution is 2.40. The molecule has 0 unspecified atom stereocenters. The van der Waals surface area contributed by atoms with Crippen LogP contribution in [0.4, 0.5) is 0 Å². The Morgan fingerprint density at radius 1 is 1.27 bits per heavy atom. The van der Waals surface area contributed by atoms with Crippen LogP contribution < -0.4 is 4.43 Å². The van der Waals surface area contributed by atoms with Gasteiger partial charge in [0.1, 0.15) is 16.2 Å². The lowest BCUT2D eigenvalue weighted by Crippen LogP contribution is -2.44. The Kier molecular flexibility index (Phi) is 5.29. The number of carboxylic acid groups (broad SMARTS) is 1. The molecule has 0 aliphatic rings. The lowest BCUT2D eigenvalue weighted by Gasteiger charge is -2.36. The van der Waals surface area contributed by atoms with Crippen molar-refractivity contribution in [2.45, 2.75) is 43.8 Å². The van der Waals surface area contributed by atoms with Crippen LogP contribution in [0.25, 0.3) is 0 Å². The molecule has 0 aliphatic heterocycles. The van der Waals surface area contributed by atoms with Crippen molar-refractivity contribution in [2.24, 2.45) is 0 Å². The van der Waals surface area contributed by atoms with E-state index < -0.39 is 28.2 Å². The van der Waals surface area contributed by atoms with Crippen molar-refractivity contribution in [3.8, 4) is 5.75 Å². The monoisotopic (exact) mass is 384 g/mol. The molecule has 0 spiro atoms. The van der Waals surface area contributed by atoms with Crippen LogP contribution in [0.15, 0.2) is 17.0 Å². The third-order valence-corrected chi connectivity index (χ3v) is 9.83.